The molecule has 2 aromatic rings. The normalized spacial score (nSPS) is 13.7. The molecular formula is C19H24ClNO4. The van der Waals surface area contributed by atoms with Crippen molar-refractivity contribution in [3.8, 4) is 17.2 Å². The standard InChI is InChI=1S/C19H23NO4.ClH/c1-13-3-5-15(6-4-13)16(21)12-20-11-14-9-17(22-2)19-18(10-14)23-7-8-24-19;/h3-6,9-10,16,20-21H,7-8,11-12H2,1-2H3;1H. The molecule has 25 heavy (non-hydrogen) atoms. The average molecular weight is 366 g/mol. The number of halogens is 1. The zero-order chi connectivity index (χ0) is 16.9. The molecule has 1 atom stereocenters. The number of benzene rings is 2. The molecular weight excluding hydrogens is 342 g/mol. The summed E-state index contributed by atoms with van der Waals surface area (Å²) >= 11 is 0. The van der Waals surface area contributed by atoms with Crippen molar-refractivity contribution >= 4 is 12.4 Å². The van der Waals surface area contributed by atoms with Gasteiger partial charge >= 0.3 is 0 Å². The Morgan fingerprint density at radius 3 is 2.60 bits per heavy atom. The molecule has 1 unspecified atom stereocenters. The number of aryl methyl sites for hydroxylation is 1. The Hall–Kier alpha value is -1.95. The molecule has 2 N–H and O–H groups in total. The maximum atomic E-state index is 10.3. The summed E-state index contributed by atoms with van der Waals surface area (Å²) in [5.74, 6) is 2.03. The highest BCUT2D eigenvalue weighted by atomic mass is 35.5. The predicted octanol–water partition coefficient (Wildman–Crippen LogP) is 3.02. The first-order valence-electron chi connectivity index (χ1n) is 8.09. The third kappa shape index (κ3) is 4.78. The fourth-order valence-electron chi connectivity index (χ4n) is 2.69. The summed E-state index contributed by atoms with van der Waals surface area (Å²) in [7, 11) is 1.62. The van der Waals surface area contributed by atoms with Gasteiger partial charge in [0.25, 0.3) is 0 Å². The topological polar surface area (TPSA) is 60.0 Å². The van der Waals surface area contributed by atoms with Gasteiger partial charge in [0, 0.05) is 13.1 Å². The average Bonchev–Trinajstić information content (AvgIpc) is 2.61. The van der Waals surface area contributed by atoms with Crippen molar-refractivity contribution in [3.63, 3.8) is 0 Å². The third-order valence-corrected chi connectivity index (χ3v) is 4.02. The minimum Gasteiger partial charge on any atom is -0.493 e. The minimum absolute atomic E-state index is 0. The highest BCUT2D eigenvalue weighted by Gasteiger charge is 2.18. The lowest BCUT2D eigenvalue weighted by Crippen LogP contribution is -2.21. The second kappa shape index (κ2) is 8.94. The minimum atomic E-state index is -0.537. The van der Waals surface area contributed by atoms with Crippen LogP contribution in [0.2, 0.25) is 0 Å². The largest absolute Gasteiger partial charge is 0.493 e. The van der Waals surface area contributed by atoms with E-state index in [2.05, 4.69) is 5.32 Å². The van der Waals surface area contributed by atoms with Crippen LogP contribution < -0.4 is 19.5 Å². The first-order valence-corrected chi connectivity index (χ1v) is 8.09. The van der Waals surface area contributed by atoms with Gasteiger partial charge < -0.3 is 24.6 Å². The van der Waals surface area contributed by atoms with E-state index >= 15 is 0 Å². The van der Waals surface area contributed by atoms with Crippen molar-refractivity contribution in [3.05, 3.63) is 53.1 Å². The summed E-state index contributed by atoms with van der Waals surface area (Å²) in [5, 5.41) is 13.5. The summed E-state index contributed by atoms with van der Waals surface area (Å²) in [6.07, 6.45) is -0.537. The molecule has 0 amide bonds. The van der Waals surface area contributed by atoms with Crippen LogP contribution in [0.1, 0.15) is 22.8 Å². The van der Waals surface area contributed by atoms with E-state index in [-0.39, 0.29) is 12.4 Å². The first kappa shape index (κ1) is 19.4. The van der Waals surface area contributed by atoms with Gasteiger partial charge in [-0.1, -0.05) is 29.8 Å². The van der Waals surface area contributed by atoms with Crippen molar-refractivity contribution in [1.29, 1.82) is 0 Å². The molecule has 6 heteroatoms. The van der Waals surface area contributed by atoms with Crippen LogP contribution in [-0.4, -0.2) is 32.0 Å². The van der Waals surface area contributed by atoms with Gasteiger partial charge in [-0.15, -0.1) is 12.4 Å². The van der Waals surface area contributed by atoms with E-state index in [1.807, 2.05) is 43.3 Å². The molecule has 0 fully saturated rings. The summed E-state index contributed by atoms with van der Waals surface area (Å²) in [5.41, 5.74) is 3.11. The third-order valence-electron chi connectivity index (χ3n) is 4.02. The second-order valence-corrected chi connectivity index (χ2v) is 5.88. The SMILES string of the molecule is COc1cc(CNCC(O)c2ccc(C)cc2)cc2c1OCCO2.Cl. The Morgan fingerprint density at radius 1 is 1.16 bits per heavy atom. The Balaban J connectivity index is 0.00000225. The Kier molecular flexibility index (Phi) is 6.93. The van der Waals surface area contributed by atoms with Gasteiger partial charge in [-0.2, -0.15) is 0 Å². The Bertz CT molecular complexity index is 673. The highest BCUT2D eigenvalue weighted by Crippen LogP contribution is 2.40. The van der Waals surface area contributed by atoms with Crippen molar-refractivity contribution in [1.82, 2.24) is 5.32 Å². The number of fused-ring (bicyclic) bond motifs is 1. The van der Waals surface area contributed by atoms with Crippen LogP contribution in [0.15, 0.2) is 36.4 Å². The second-order valence-electron chi connectivity index (χ2n) is 5.88. The predicted molar refractivity (Wildman–Crippen MR) is 99.1 cm³/mol. The molecule has 0 radical (unpaired) electrons. The van der Waals surface area contributed by atoms with Crippen LogP contribution in [0.5, 0.6) is 17.2 Å². The van der Waals surface area contributed by atoms with E-state index in [9.17, 15) is 5.11 Å². The number of aliphatic hydroxyl groups excluding tert-OH is 1. The number of nitrogens with one attached hydrogen (secondary N) is 1. The van der Waals surface area contributed by atoms with Gasteiger partial charge in [-0.25, -0.2) is 0 Å². The van der Waals surface area contributed by atoms with Crippen LogP contribution in [0.3, 0.4) is 0 Å². The number of hydrogen-bond acceptors (Lipinski definition) is 5. The zero-order valence-corrected chi connectivity index (χ0v) is 15.3. The van der Waals surface area contributed by atoms with Crippen LogP contribution >= 0.6 is 12.4 Å². The fourth-order valence-corrected chi connectivity index (χ4v) is 2.69. The molecule has 3 rings (SSSR count). The Labute approximate surface area is 154 Å². The van der Waals surface area contributed by atoms with Gasteiger partial charge in [0.2, 0.25) is 5.75 Å². The highest BCUT2D eigenvalue weighted by molar-refractivity contribution is 5.85. The van der Waals surface area contributed by atoms with Crippen molar-refractivity contribution in [2.24, 2.45) is 0 Å². The maximum absolute atomic E-state index is 10.3. The lowest BCUT2D eigenvalue weighted by Gasteiger charge is -2.21. The van der Waals surface area contributed by atoms with E-state index in [1.54, 1.807) is 7.11 Å². The number of ether oxygens (including phenoxy) is 3. The van der Waals surface area contributed by atoms with Gasteiger partial charge in [-0.3, -0.25) is 0 Å². The molecule has 0 saturated heterocycles. The van der Waals surface area contributed by atoms with E-state index in [0.717, 1.165) is 11.1 Å². The fraction of sp³-hybridized carbons (Fsp3) is 0.368. The number of hydrogen-bond donors (Lipinski definition) is 2. The maximum Gasteiger partial charge on any atom is 0.203 e. The van der Waals surface area contributed by atoms with Crippen molar-refractivity contribution in [2.45, 2.75) is 19.6 Å². The van der Waals surface area contributed by atoms with E-state index in [0.29, 0.717) is 43.6 Å². The molecule has 0 bridgehead atoms. The Morgan fingerprint density at radius 2 is 1.88 bits per heavy atom. The zero-order valence-electron chi connectivity index (χ0n) is 14.5. The van der Waals surface area contributed by atoms with Gasteiger partial charge in [0.05, 0.1) is 13.2 Å². The number of aliphatic hydroxyl groups is 1. The van der Waals surface area contributed by atoms with E-state index in [4.69, 9.17) is 14.2 Å². The summed E-state index contributed by atoms with van der Waals surface area (Å²) < 4.78 is 16.6. The van der Waals surface area contributed by atoms with Gasteiger partial charge in [0.15, 0.2) is 11.5 Å². The summed E-state index contributed by atoms with van der Waals surface area (Å²) in [4.78, 5) is 0. The van der Waals surface area contributed by atoms with Crippen LogP contribution in [0.4, 0.5) is 0 Å². The monoisotopic (exact) mass is 365 g/mol. The number of rotatable bonds is 6. The van der Waals surface area contributed by atoms with Crippen molar-refractivity contribution in [2.75, 3.05) is 26.9 Å². The van der Waals surface area contributed by atoms with E-state index < -0.39 is 6.10 Å². The molecule has 5 nitrogen and oxygen atoms in total. The number of methoxy groups -OCH3 is 1. The lowest BCUT2D eigenvalue weighted by atomic mass is 10.1. The summed E-state index contributed by atoms with van der Waals surface area (Å²) in [6.45, 7) is 4.18. The smallest absolute Gasteiger partial charge is 0.203 e. The van der Waals surface area contributed by atoms with Crippen molar-refractivity contribution < 1.29 is 19.3 Å². The van der Waals surface area contributed by atoms with Gasteiger partial charge in [-0.05, 0) is 30.2 Å². The quantitative estimate of drug-likeness (QED) is 0.824. The van der Waals surface area contributed by atoms with E-state index in [1.165, 1.54) is 5.56 Å². The molecule has 1 heterocycles. The molecule has 136 valence electrons. The van der Waals surface area contributed by atoms with Crippen LogP contribution in [-0.2, 0) is 6.54 Å². The van der Waals surface area contributed by atoms with Gasteiger partial charge in [0.1, 0.15) is 13.2 Å². The molecule has 0 aliphatic carbocycles. The molecule has 0 aromatic heterocycles. The molecule has 0 saturated carbocycles. The summed E-state index contributed by atoms with van der Waals surface area (Å²) in [6, 6.07) is 11.8. The molecule has 0 spiro atoms. The van der Waals surface area contributed by atoms with Crippen LogP contribution in [0, 0.1) is 6.92 Å². The molecule has 1 aliphatic rings. The first-order chi connectivity index (χ1) is 11.7. The molecule has 2 aromatic carbocycles. The molecule has 1 aliphatic heterocycles. The lowest BCUT2D eigenvalue weighted by molar-refractivity contribution is 0.164. The van der Waals surface area contributed by atoms with Crippen LogP contribution in [0.25, 0.3) is 0 Å².